The number of alkyl carbamates (subject to hydrolysis) is 1. The van der Waals surface area contributed by atoms with Gasteiger partial charge in [-0.25, -0.2) is 9.59 Å². The molecule has 10 heteroatoms. The fourth-order valence-corrected chi connectivity index (χ4v) is 10.8. The van der Waals surface area contributed by atoms with Crippen molar-refractivity contribution in [1.29, 1.82) is 0 Å². The summed E-state index contributed by atoms with van der Waals surface area (Å²) >= 11 is 0. The SMILES string of the molecule is C=CC1O[C@H]2C[C@H]3OC[C@@]3(C)[C@H]3[C@H](C)[C@]4(O)CC(OC(=O)C(O)[C@H](CC(C)C)NC(=O)OC(C)(C)C)C(C)=C([C@H](C)[C@H](O1)[C@]23C)C4(C)C. The van der Waals surface area contributed by atoms with Crippen LogP contribution in [0.4, 0.5) is 4.79 Å². The van der Waals surface area contributed by atoms with E-state index in [1.165, 1.54) is 0 Å². The molecule has 10 nitrogen and oxygen atoms in total. The van der Waals surface area contributed by atoms with Crippen LogP contribution in [-0.4, -0.2) is 82.9 Å². The Morgan fingerprint density at radius 3 is 2.31 bits per heavy atom. The zero-order valence-corrected chi connectivity index (χ0v) is 31.2. The number of ether oxygens (including phenoxy) is 5. The van der Waals surface area contributed by atoms with Gasteiger partial charge in [-0.3, -0.25) is 0 Å². The number of rotatable bonds is 7. The van der Waals surface area contributed by atoms with Gasteiger partial charge in [0.15, 0.2) is 12.4 Å². The maximum atomic E-state index is 13.8. The van der Waals surface area contributed by atoms with E-state index in [9.17, 15) is 19.8 Å². The number of esters is 1. The molecule has 4 fully saturated rings. The molecule has 2 bridgehead atoms. The number of amides is 1. The molecule has 0 spiro atoms. The van der Waals surface area contributed by atoms with Gasteiger partial charge in [-0.05, 0) is 63.5 Å². The standard InChI is InChI=1S/C38H61NO9/c1-14-27-46-26-16-25-36(12,18-44-25)30-22(6)38(43)17-24(20(4)28(35(38,10)11)21(5)31(47-27)37(26,30)13)45-32(41)29(40)23(15-19(2)3)39-33(42)48-34(7,8)9/h14,19,21-27,29-31,40,43H,1,15-18H2,2-13H3,(H,39,42)/t21-,22-,23-,24?,25+,26-,27?,29?,30+,31-,36+,37+,38+/m0/s1. The Kier molecular flexibility index (Phi) is 9.60. The molecule has 3 N–H and O–H groups in total. The molecule has 0 aromatic heterocycles. The van der Waals surface area contributed by atoms with Crippen LogP contribution in [0.1, 0.15) is 102 Å². The Labute approximate surface area is 287 Å². The Balaban J connectivity index is 1.54. The van der Waals surface area contributed by atoms with Crippen molar-refractivity contribution in [3.8, 4) is 0 Å². The first-order valence-corrected chi connectivity index (χ1v) is 17.9. The van der Waals surface area contributed by atoms with Crippen LogP contribution in [-0.2, 0) is 28.5 Å². The van der Waals surface area contributed by atoms with Crippen LogP contribution in [0.25, 0.3) is 0 Å². The van der Waals surface area contributed by atoms with Crippen molar-refractivity contribution in [1.82, 2.24) is 5.32 Å². The van der Waals surface area contributed by atoms with E-state index in [4.69, 9.17) is 23.7 Å². The van der Waals surface area contributed by atoms with E-state index >= 15 is 0 Å². The minimum absolute atomic E-state index is 0.00633. The number of aliphatic hydroxyl groups excluding tert-OH is 1. The summed E-state index contributed by atoms with van der Waals surface area (Å²) in [5.41, 5.74) is -1.56. The van der Waals surface area contributed by atoms with Gasteiger partial charge in [0.25, 0.3) is 0 Å². The molecular weight excluding hydrogens is 614 g/mol. The van der Waals surface area contributed by atoms with Gasteiger partial charge in [0.1, 0.15) is 11.7 Å². The van der Waals surface area contributed by atoms with E-state index in [2.05, 4.69) is 53.4 Å². The van der Waals surface area contributed by atoms with E-state index < -0.39 is 58.6 Å². The Morgan fingerprint density at radius 1 is 1.12 bits per heavy atom. The molecule has 0 radical (unpaired) electrons. The summed E-state index contributed by atoms with van der Waals surface area (Å²) < 4.78 is 31.1. The lowest BCUT2D eigenvalue weighted by Crippen LogP contribution is -2.77. The fourth-order valence-electron chi connectivity index (χ4n) is 10.8. The topological polar surface area (TPSA) is 133 Å². The number of hydrogen-bond donors (Lipinski definition) is 3. The van der Waals surface area contributed by atoms with Gasteiger partial charge in [0, 0.05) is 35.0 Å². The molecule has 3 unspecified atom stereocenters. The smallest absolute Gasteiger partial charge is 0.407 e. The summed E-state index contributed by atoms with van der Waals surface area (Å²) in [6, 6.07) is -0.923. The first-order valence-electron chi connectivity index (χ1n) is 17.9. The number of hydrogen-bond acceptors (Lipinski definition) is 9. The second kappa shape index (κ2) is 12.4. The average molecular weight is 676 g/mol. The molecule has 13 atom stereocenters. The lowest BCUT2D eigenvalue weighted by Gasteiger charge is -2.72. The molecule has 2 saturated carbocycles. The van der Waals surface area contributed by atoms with E-state index in [1.54, 1.807) is 26.8 Å². The molecular formula is C38H61NO9. The van der Waals surface area contributed by atoms with Crippen molar-refractivity contribution in [3.63, 3.8) is 0 Å². The molecule has 2 heterocycles. The Bertz CT molecular complexity index is 1320. The lowest BCUT2D eigenvalue weighted by atomic mass is 9.39. The van der Waals surface area contributed by atoms with Crippen molar-refractivity contribution >= 4 is 12.1 Å². The maximum Gasteiger partial charge on any atom is 0.407 e. The number of aliphatic hydroxyl groups is 2. The van der Waals surface area contributed by atoms with Crippen LogP contribution in [0, 0.1) is 39.9 Å². The molecule has 272 valence electrons. The van der Waals surface area contributed by atoms with Gasteiger partial charge in [-0.1, -0.05) is 67.5 Å². The minimum atomic E-state index is -1.64. The highest BCUT2D eigenvalue weighted by Gasteiger charge is 2.74. The van der Waals surface area contributed by atoms with Gasteiger partial charge >= 0.3 is 12.1 Å². The molecule has 5 rings (SSSR count). The van der Waals surface area contributed by atoms with Gasteiger partial charge in [-0.15, -0.1) is 0 Å². The molecule has 3 aliphatic carbocycles. The third-order valence-corrected chi connectivity index (χ3v) is 12.8. The highest BCUT2D eigenvalue weighted by molar-refractivity contribution is 5.77. The molecule has 0 aromatic carbocycles. The monoisotopic (exact) mass is 675 g/mol. The van der Waals surface area contributed by atoms with Gasteiger partial charge in [-0.2, -0.15) is 0 Å². The van der Waals surface area contributed by atoms with Crippen molar-refractivity contribution in [2.75, 3.05) is 6.61 Å². The molecule has 48 heavy (non-hydrogen) atoms. The van der Waals surface area contributed by atoms with Crippen molar-refractivity contribution in [2.45, 2.75) is 156 Å². The molecule has 1 amide bonds. The quantitative estimate of drug-likeness (QED) is 0.230. The predicted octanol–water partition coefficient (Wildman–Crippen LogP) is 5.69. The first kappa shape index (κ1) is 37.3. The molecule has 2 saturated heterocycles. The van der Waals surface area contributed by atoms with E-state index in [0.717, 1.165) is 17.6 Å². The van der Waals surface area contributed by atoms with Crippen molar-refractivity contribution in [3.05, 3.63) is 23.8 Å². The van der Waals surface area contributed by atoms with Gasteiger partial charge in [0.05, 0.1) is 36.6 Å². The second-order valence-corrected chi connectivity index (χ2v) is 17.9. The highest BCUT2D eigenvalue weighted by Crippen LogP contribution is 2.70. The van der Waals surface area contributed by atoms with Gasteiger partial charge < -0.3 is 39.2 Å². The third-order valence-electron chi connectivity index (χ3n) is 12.8. The molecule has 5 aliphatic rings. The van der Waals surface area contributed by atoms with Crippen LogP contribution in [0.15, 0.2) is 23.8 Å². The number of carbonyl (C=O) groups excluding carboxylic acids is 2. The average Bonchev–Trinajstić information content (AvgIpc) is 2.95. The highest BCUT2D eigenvalue weighted by atomic mass is 16.7. The molecule has 2 aliphatic heterocycles. The summed E-state index contributed by atoms with van der Waals surface area (Å²) in [5, 5.41) is 27.2. The van der Waals surface area contributed by atoms with Crippen LogP contribution >= 0.6 is 0 Å². The zero-order chi connectivity index (χ0) is 35.9. The Morgan fingerprint density at radius 2 is 1.77 bits per heavy atom. The third kappa shape index (κ3) is 5.75. The van der Waals surface area contributed by atoms with Crippen LogP contribution in [0.5, 0.6) is 0 Å². The second-order valence-electron chi connectivity index (χ2n) is 17.9. The first-order chi connectivity index (χ1) is 22.0. The van der Waals surface area contributed by atoms with Crippen molar-refractivity contribution < 1.29 is 43.5 Å². The van der Waals surface area contributed by atoms with Crippen LogP contribution in [0.2, 0.25) is 0 Å². The largest absolute Gasteiger partial charge is 0.456 e. The normalized spacial score (nSPS) is 43.0. The molecule has 0 aromatic rings. The van der Waals surface area contributed by atoms with E-state index in [0.29, 0.717) is 13.0 Å². The predicted molar refractivity (Wildman–Crippen MR) is 181 cm³/mol. The summed E-state index contributed by atoms with van der Waals surface area (Å²) in [7, 11) is 0. The van der Waals surface area contributed by atoms with E-state index in [1.807, 2.05) is 20.8 Å². The summed E-state index contributed by atoms with van der Waals surface area (Å²) in [4.78, 5) is 26.5. The van der Waals surface area contributed by atoms with Crippen LogP contribution in [0.3, 0.4) is 0 Å². The minimum Gasteiger partial charge on any atom is -0.456 e. The van der Waals surface area contributed by atoms with E-state index in [-0.39, 0.29) is 53.8 Å². The van der Waals surface area contributed by atoms with Crippen molar-refractivity contribution in [2.24, 2.45) is 39.9 Å². The number of nitrogens with one attached hydrogen (secondary N) is 1. The number of fused-ring (bicyclic) bond motifs is 4. The number of carbonyl (C=O) groups is 2. The Hall–Kier alpha value is -1.98. The summed E-state index contributed by atoms with van der Waals surface area (Å²) in [6.07, 6.45) is -1.22. The fraction of sp³-hybridized carbons (Fsp3) is 0.842. The summed E-state index contributed by atoms with van der Waals surface area (Å²) in [6.45, 7) is 28.7. The lowest BCUT2D eigenvalue weighted by molar-refractivity contribution is -0.383. The van der Waals surface area contributed by atoms with Crippen LogP contribution < -0.4 is 5.32 Å². The summed E-state index contributed by atoms with van der Waals surface area (Å²) in [5.74, 6) is -1.27. The van der Waals surface area contributed by atoms with Gasteiger partial charge in [0.2, 0.25) is 0 Å². The zero-order valence-electron chi connectivity index (χ0n) is 31.2. The maximum absolute atomic E-state index is 13.8.